The van der Waals surface area contributed by atoms with Crippen molar-refractivity contribution >= 4 is 11.0 Å². The van der Waals surface area contributed by atoms with Crippen LogP contribution in [0, 0.1) is 0 Å². The zero-order valence-electron chi connectivity index (χ0n) is 19.9. The number of nitrogens with one attached hydrogen (secondary N) is 1. The molecule has 1 unspecified atom stereocenters. The van der Waals surface area contributed by atoms with Crippen LogP contribution in [0.25, 0.3) is 33.8 Å². The summed E-state index contributed by atoms with van der Waals surface area (Å²) >= 11 is 0. The Bertz CT molecular complexity index is 1530. The Labute approximate surface area is 205 Å². The molecule has 0 aliphatic rings. The number of imidazole rings is 1. The van der Waals surface area contributed by atoms with Gasteiger partial charge in [-0.1, -0.05) is 62.4 Å². The third kappa shape index (κ3) is 4.26. The second-order valence-electron chi connectivity index (χ2n) is 9.02. The van der Waals surface area contributed by atoms with Gasteiger partial charge >= 0.3 is 6.18 Å². The van der Waals surface area contributed by atoms with E-state index < -0.39 is 18.0 Å². The van der Waals surface area contributed by atoms with Crippen molar-refractivity contribution in [1.29, 1.82) is 0 Å². The molecule has 9 heteroatoms. The van der Waals surface area contributed by atoms with Gasteiger partial charge in [0.2, 0.25) is 0 Å². The third-order valence-electron chi connectivity index (χ3n) is 6.22. The third-order valence-corrected chi connectivity index (χ3v) is 6.22. The normalized spacial score (nSPS) is 13.0. The Morgan fingerprint density at radius 2 is 1.69 bits per heavy atom. The Morgan fingerprint density at radius 1 is 0.972 bits per heavy atom. The lowest BCUT2D eigenvalue weighted by Crippen LogP contribution is -2.04. The molecule has 184 valence electrons. The van der Waals surface area contributed by atoms with Crippen molar-refractivity contribution in [3.63, 3.8) is 0 Å². The number of aryl methyl sites for hydroxylation is 1. The highest BCUT2D eigenvalue weighted by Gasteiger charge is 2.34. The average molecular weight is 492 g/mol. The van der Waals surface area contributed by atoms with Crippen LogP contribution in [0.15, 0.2) is 67.1 Å². The van der Waals surface area contributed by atoms with E-state index in [-0.39, 0.29) is 5.82 Å². The topological polar surface area (TPSA) is 79.6 Å². The number of H-pyrrole nitrogens is 1. The van der Waals surface area contributed by atoms with Gasteiger partial charge in [0, 0.05) is 36.1 Å². The summed E-state index contributed by atoms with van der Waals surface area (Å²) in [5, 5.41) is 11.2. The van der Waals surface area contributed by atoms with E-state index in [1.807, 2.05) is 18.2 Å². The maximum absolute atomic E-state index is 13.0. The number of benzene rings is 2. The minimum absolute atomic E-state index is 0.191. The van der Waals surface area contributed by atoms with E-state index in [0.29, 0.717) is 39.5 Å². The smallest absolute Gasteiger partial charge is 0.384 e. The summed E-state index contributed by atoms with van der Waals surface area (Å²) < 4.78 is 40.4. The van der Waals surface area contributed by atoms with Gasteiger partial charge in [-0.25, -0.2) is 15.0 Å². The lowest BCUT2D eigenvalue weighted by molar-refractivity contribution is -0.140. The van der Waals surface area contributed by atoms with Crippen molar-refractivity contribution < 1.29 is 18.3 Å². The minimum Gasteiger partial charge on any atom is -0.384 e. The van der Waals surface area contributed by atoms with Gasteiger partial charge in [-0.05, 0) is 17.0 Å². The van der Waals surface area contributed by atoms with Crippen molar-refractivity contribution in [1.82, 2.24) is 24.5 Å². The second-order valence-corrected chi connectivity index (χ2v) is 9.02. The van der Waals surface area contributed by atoms with Gasteiger partial charge in [0.05, 0.1) is 17.2 Å². The molecule has 0 saturated carbocycles. The molecule has 0 saturated heterocycles. The lowest BCUT2D eigenvalue weighted by Gasteiger charge is -2.13. The Morgan fingerprint density at radius 3 is 2.36 bits per heavy atom. The van der Waals surface area contributed by atoms with Crippen LogP contribution in [0.2, 0.25) is 0 Å². The largest absolute Gasteiger partial charge is 0.434 e. The highest BCUT2D eigenvalue weighted by molar-refractivity contribution is 5.81. The highest BCUT2D eigenvalue weighted by atomic mass is 19.4. The fourth-order valence-corrected chi connectivity index (χ4v) is 4.34. The number of aromatic amines is 1. The molecule has 36 heavy (non-hydrogen) atoms. The van der Waals surface area contributed by atoms with Crippen LogP contribution >= 0.6 is 0 Å². The number of aliphatic hydroxyl groups excluding tert-OH is 1. The molecule has 0 bridgehead atoms. The van der Waals surface area contributed by atoms with Gasteiger partial charge in [-0.2, -0.15) is 13.2 Å². The molecule has 2 N–H and O–H groups in total. The zero-order valence-corrected chi connectivity index (χ0v) is 19.9. The van der Waals surface area contributed by atoms with E-state index in [1.54, 1.807) is 36.7 Å². The number of hydrogen-bond acceptors (Lipinski definition) is 4. The first-order chi connectivity index (χ1) is 17.1. The number of halogens is 3. The molecule has 1 atom stereocenters. The van der Waals surface area contributed by atoms with E-state index in [1.165, 1.54) is 11.6 Å². The fourth-order valence-electron chi connectivity index (χ4n) is 4.34. The number of fused-ring (bicyclic) bond motifs is 1. The number of nitrogens with zero attached hydrogens (tertiary/aromatic N) is 4. The van der Waals surface area contributed by atoms with Crippen LogP contribution in [-0.2, 0) is 13.2 Å². The molecule has 6 nitrogen and oxygen atoms in total. The van der Waals surface area contributed by atoms with Crippen LogP contribution in [0.5, 0.6) is 0 Å². The Balaban J connectivity index is 1.48. The molecule has 5 rings (SSSR count). The van der Waals surface area contributed by atoms with E-state index >= 15 is 0 Å². The first-order valence-electron chi connectivity index (χ1n) is 11.5. The van der Waals surface area contributed by atoms with Gasteiger partial charge in [-0.3, -0.25) is 0 Å². The minimum atomic E-state index is -4.52. The fraction of sp³-hybridized carbons (Fsp3) is 0.222. The van der Waals surface area contributed by atoms with E-state index in [2.05, 4.69) is 34.9 Å². The van der Waals surface area contributed by atoms with Crippen LogP contribution in [0.4, 0.5) is 13.2 Å². The van der Waals surface area contributed by atoms with Crippen LogP contribution < -0.4 is 0 Å². The molecule has 3 aromatic heterocycles. The van der Waals surface area contributed by atoms with E-state index in [0.717, 1.165) is 17.3 Å². The van der Waals surface area contributed by atoms with Crippen molar-refractivity contribution in [2.45, 2.75) is 32.0 Å². The maximum Gasteiger partial charge on any atom is 0.434 e. The van der Waals surface area contributed by atoms with Gasteiger partial charge in [0.15, 0.2) is 11.5 Å². The average Bonchev–Trinajstić information content (AvgIpc) is 3.47. The number of aliphatic hydroxyl groups is 1. The predicted octanol–water partition coefficient (Wildman–Crippen LogP) is 6.25. The maximum atomic E-state index is 13.0. The first kappa shape index (κ1) is 23.7. The summed E-state index contributed by atoms with van der Waals surface area (Å²) in [5.41, 5.74) is 4.09. The van der Waals surface area contributed by atoms with E-state index in [4.69, 9.17) is 4.98 Å². The Kier molecular flexibility index (Phi) is 5.88. The van der Waals surface area contributed by atoms with Gasteiger partial charge < -0.3 is 14.7 Å². The van der Waals surface area contributed by atoms with Crippen LogP contribution in [-0.4, -0.2) is 29.6 Å². The van der Waals surface area contributed by atoms with Crippen molar-refractivity contribution in [2.75, 3.05) is 0 Å². The van der Waals surface area contributed by atoms with Gasteiger partial charge in [-0.15, -0.1) is 0 Å². The molecule has 2 aromatic carbocycles. The summed E-state index contributed by atoms with van der Waals surface area (Å²) in [7, 11) is 1.51. The number of hydrogen-bond donors (Lipinski definition) is 2. The van der Waals surface area contributed by atoms with Gasteiger partial charge in [0.1, 0.15) is 11.9 Å². The summed E-state index contributed by atoms with van der Waals surface area (Å²) in [5.74, 6) is 1.06. The quantitative estimate of drug-likeness (QED) is 0.305. The molecular weight excluding hydrogens is 467 g/mol. The van der Waals surface area contributed by atoms with Gasteiger partial charge in [0.25, 0.3) is 0 Å². The summed E-state index contributed by atoms with van der Waals surface area (Å²) in [6, 6.07) is 14.6. The van der Waals surface area contributed by atoms with Crippen molar-refractivity contribution in [3.8, 4) is 22.8 Å². The molecule has 0 aliphatic carbocycles. The van der Waals surface area contributed by atoms with Crippen LogP contribution in [0.3, 0.4) is 0 Å². The zero-order chi connectivity index (χ0) is 25.6. The predicted molar refractivity (Wildman–Crippen MR) is 131 cm³/mol. The van der Waals surface area contributed by atoms with E-state index in [9.17, 15) is 18.3 Å². The molecule has 0 spiro atoms. The molecule has 0 fully saturated rings. The molecule has 0 radical (unpaired) electrons. The Hall–Kier alpha value is -3.98. The molecule has 0 aliphatic heterocycles. The number of rotatable bonds is 5. The summed E-state index contributed by atoms with van der Waals surface area (Å²) in [4.78, 5) is 16.1. The molecule has 3 heterocycles. The number of aromatic nitrogens is 5. The second kappa shape index (κ2) is 8.91. The summed E-state index contributed by atoms with van der Waals surface area (Å²) in [6.07, 6.45) is -1.16. The SMILES string of the molecule is CC(C)c1ccccc1-c1ncc2[nH]cc(C(O)c3ccc(-c4nc(C(F)(F)F)cn4C)cc3)c2n1. The molecule has 5 aromatic rings. The lowest BCUT2D eigenvalue weighted by atomic mass is 9.96. The highest BCUT2D eigenvalue weighted by Crippen LogP contribution is 2.33. The summed E-state index contributed by atoms with van der Waals surface area (Å²) in [6.45, 7) is 4.22. The first-order valence-corrected chi connectivity index (χ1v) is 11.5. The standard InChI is InChI=1S/C27H24F3N5O/c1-15(2)18-6-4-5-7-19(18)25-32-13-21-23(34-25)20(12-31-21)24(36)16-8-10-17(11-9-16)26-33-22(14-35(26)3)27(28,29)30/h4-15,24,31,36H,1-3H3. The van der Waals surface area contributed by atoms with Crippen LogP contribution in [0.1, 0.15) is 48.3 Å². The molecule has 0 amide bonds. The number of alkyl halides is 3. The monoisotopic (exact) mass is 491 g/mol. The molecular formula is C27H24F3N5O. The van der Waals surface area contributed by atoms with Crippen molar-refractivity contribution in [3.05, 3.63) is 89.5 Å². The van der Waals surface area contributed by atoms with Crippen molar-refractivity contribution in [2.24, 2.45) is 7.05 Å².